The third kappa shape index (κ3) is 4.24. The Morgan fingerprint density at radius 1 is 1.19 bits per heavy atom. The molecule has 6 heteroatoms. The van der Waals surface area contributed by atoms with Gasteiger partial charge in [-0.1, -0.05) is 18.2 Å². The Labute approximate surface area is 120 Å². The summed E-state index contributed by atoms with van der Waals surface area (Å²) in [5, 5.41) is 4.91. The van der Waals surface area contributed by atoms with Crippen molar-refractivity contribution < 1.29 is 18.4 Å². The van der Waals surface area contributed by atoms with Crippen molar-refractivity contribution in [1.82, 2.24) is 10.6 Å². The van der Waals surface area contributed by atoms with Crippen molar-refractivity contribution in [2.75, 3.05) is 13.1 Å². The van der Waals surface area contributed by atoms with Crippen LogP contribution in [0, 0.1) is 11.6 Å². The van der Waals surface area contributed by atoms with E-state index in [0.717, 1.165) is 24.1 Å². The van der Waals surface area contributed by atoms with E-state index in [1.807, 2.05) is 18.2 Å². The molecule has 0 bridgehead atoms. The summed E-state index contributed by atoms with van der Waals surface area (Å²) in [6, 6.07) is 2.64. The smallest absolute Gasteiger partial charge is 0.254 e. The van der Waals surface area contributed by atoms with E-state index in [1.165, 1.54) is 0 Å². The molecule has 0 spiro atoms. The maximum Gasteiger partial charge on any atom is 0.254 e. The fourth-order valence-electron chi connectivity index (χ4n) is 1.83. The molecule has 0 heterocycles. The van der Waals surface area contributed by atoms with Crippen LogP contribution in [0.5, 0.6) is 0 Å². The van der Waals surface area contributed by atoms with Gasteiger partial charge in [0, 0.05) is 12.6 Å². The van der Waals surface area contributed by atoms with Crippen molar-refractivity contribution in [3.05, 3.63) is 59.2 Å². The molecular formula is C15H14F2N2O2. The Morgan fingerprint density at radius 2 is 2.00 bits per heavy atom. The molecule has 1 aromatic rings. The number of carbonyl (C=O) groups is 2. The highest BCUT2D eigenvalue weighted by molar-refractivity contribution is 5.96. The van der Waals surface area contributed by atoms with Gasteiger partial charge in [0.1, 0.15) is 11.6 Å². The number of amides is 2. The molecule has 2 rings (SSSR count). The molecule has 4 nitrogen and oxygen atoms in total. The zero-order valence-corrected chi connectivity index (χ0v) is 11.2. The summed E-state index contributed by atoms with van der Waals surface area (Å²) in [6.07, 6.45) is 6.71. The molecule has 110 valence electrons. The SMILES string of the molecule is O=C(CNC(=O)c1ccc(F)cc1F)NCC1=CCC=C1. The van der Waals surface area contributed by atoms with E-state index in [0.29, 0.717) is 12.6 Å². The number of halogens is 2. The van der Waals surface area contributed by atoms with E-state index in [1.54, 1.807) is 0 Å². The van der Waals surface area contributed by atoms with Crippen LogP contribution < -0.4 is 10.6 Å². The van der Waals surface area contributed by atoms with Gasteiger partial charge in [0.15, 0.2) is 0 Å². The zero-order valence-electron chi connectivity index (χ0n) is 11.2. The highest BCUT2D eigenvalue weighted by atomic mass is 19.1. The maximum atomic E-state index is 13.4. The van der Waals surface area contributed by atoms with Crippen molar-refractivity contribution in [3.8, 4) is 0 Å². The Bertz CT molecular complexity index is 624. The van der Waals surface area contributed by atoms with Crippen molar-refractivity contribution in [2.45, 2.75) is 6.42 Å². The van der Waals surface area contributed by atoms with Gasteiger partial charge in [0.25, 0.3) is 5.91 Å². The first-order valence-corrected chi connectivity index (χ1v) is 6.42. The molecule has 1 aliphatic carbocycles. The van der Waals surface area contributed by atoms with E-state index in [2.05, 4.69) is 10.6 Å². The van der Waals surface area contributed by atoms with Gasteiger partial charge in [-0.15, -0.1) is 0 Å². The molecule has 1 aliphatic rings. The summed E-state index contributed by atoms with van der Waals surface area (Å²) in [5.41, 5.74) is 0.699. The maximum absolute atomic E-state index is 13.4. The summed E-state index contributed by atoms with van der Waals surface area (Å²) in [7, 11) is 0. The quantitative estimate of drug-likeness (QED) is 0.868. The first-order chi connectivity index (χ1) is 10.1. The van der Waals surface area contributed by atoms with Crippen molar-refractivity contribution >= 4 is 11.8 Å². The first kappa shape index (κ1) is 14.9. The third-order valence-corrected chi connectivity index (χ3v) is 2.92. The Hall–Kier alpha value is -2.50. The number of nitrogens with one attached hydrogen (secondary N) is 2. The second kappa shape index (κ2) is 6.78. The predicted molar refractivity (Wildman–Crippen MR) is 73.5 cm³/mol. The average Bonchev–Trinajstić information content (AvgIpc) is 2.95. The lowest BCUT2D eigenvalue weighted by atomic mass is 10.2. The van der Waals surface area contributed by atoms with Crippen LogP contribution in [0.15, 0.2) is 42.0 Å². The summed E-state index contributed by atoms with van der Waals surface area (Å²) in [4.78, 5) is 23.2. The fraction of sp³-hybridized carbons (Fsp3) is 0.200. The molecule has 0 fully saturated rings. The first-order valence-electron chi connectivity index (χ1n) is 6.42. The molecule has 0 unspecified atom stereocenters. The van der Waals surface area contributed by atoms with Crippen LogP contribution in [0.2, 0.25) is 0 Å². The number of hydrogen-bond acceptors (Lipinski definition) is 2. The van der Waals surface area contributed by atoms with Crippen molar-refractivity contribution in [3.63, 3.8) is 0 Å². The Balaban J connectivity index is 1.80. The summed E-state index contributed by atoms with van der Waals surface area (Å²) in [6.45, 7) is 0.114. The second-order valence-electron chi connectivity index (χ2n) is 4.50. The lowest BCUT2D eigenvalue weighted by Crippen LogP contribution is -2.37. The number of carbonyl (C=O) groups excluding carboxylic acids is 2. The average molecular weight is 292 g/mol. The van der Waals surface area contributed by atoms with Crippen LogP contribution in [0.25, 0.3) is 0 Å². The fourth-order valence-corrected chi connectivity index (χ4v) is 1.83. The summed E-state index contributed by atoms with van der Waals surface area (Å²) >= 11 is 0. The lowest BCUT2D eigenvalue weighted by Gasteiger charge is -2.07. The standard InChI is InChI=1S/C15H14F2N2O2/c16-11-5-6-12(13(17)7-11)15(21)19-9-14(20)18-8-10-3-1-2-4-10/h1,3-7H,2,8-9H2,(H,18,20)(H,19,21). The zero-order chi connectivity index (χ0) is 15.2. The van der Waals surface area contributed by atoms with E-state index < -0.39 is 17.5 Å². The van der Waals surface area contributed by atoms with Gasteiger partial charge in [-0.25, -0.2) is 8.78 Å². The number of allylic oxidation sites excluding steroid dienone is 2. The monoisotopic (exact) mass is 292 g/mol. The predicted octanol–water partition coefficient (Wildman–Crippen LogP) is 1.70. The summed E-state index contributed by atoms with van der Waals surface area (Å²) < 4.78 is 26.1. The van der Waals surface area contributed by atoms with E-state index in [-0.39, 0.29) is 18.0 Å². The molecule has 0 radical (unpaired) electrons. The highest BCUT2D eigenvalue weighted by Gasteiger charge is 2.13. The minimum atomic E-state index is -0.964. The van der Waals surface area contributed by atoms with E-state index in [9.17, 15) is 18.4 Å². The van der Waals surface area contributed by atoms with Gasteiger partial charge in [0.05, 0.1) is 12.1 Å². The highest BCUT2D eigenvalue weighted by Crippen LogP contribution is 2.09. The van der Waals surface area contributed by atoms with Crippen LogP contribution in [0.1, 0.15) is 16.8 Å². The molecule has 2 amide bonds. The normalized spacial score (nSPS) is 13.0. The van der Waals surface area contributed by atoms with Gasteiger partial charge in [-0.05, 0) is 24.1 Å². The van der Waals surface area contributed by atoms with E-state index >= 15 is 0 Å². The van der Waals surface area contributed by atoms with Gasteiger partial charge in [-0.2, -0.15) is 0 Å². The molecule has 0 saturated heterocycles. The van der Waals surface area contributed by atoms with Gasteiger partial charge < -0.3 is 10.6 Å². The van der Waals surface area contributed by atoms with Crippen LogP contribution >= 0.6 is 0 Å². The van der Waals surface area contributed by atoms with Crippen LogP contribution in [-0.4, -0.2) is 24.9 Å². The Morgan fingerprint density at radius 3 is 2.67 bits per heavy atom. The van der Waals surface area contributed by atoms with Gasteiger partial charge in [-0.3, -0.25) is 9.59 Å². The molecule has 21 heavy (non-hydrogen) atoms. The number of benzene rings is 1. The van der Waals surface area contributed by atoms with Crippen molar-refractivity contribution in [2.24, 2.45) is 0 Å². The van der Waals surface area contributed by atoms with Crippen LogP contribution in [-0.2, 0) is 4.79 Å². The molecule has 0 aliphatic heterocycles. The molecule has 2 N–H and O–H groups in total. The van der Waals surface area contributed by atoms with Crippen molar-refractivity contribution in [1.29, 1.82) is 0 Å². The number of hydrogen-bond donors (Lipinski definition) is 2. The Kier molecular flexibility index (Phi) is 4.81. The topological polar surface area (TPSA) is 58.2 Å². The second-order valence-corrected chi connectivity index (χ2v) is 4.50. The molecule has 0 saturated carbocycles. The molecule has 1 aromatic carbocycles. The van der Waals surface area contributed by atoms with Crippen LogP contribution in [0.3, 0.4) is 0 Å². The van der Waals surface area contributed by atoms with E-state index in [4.69, 9.17) is 0 Å². The largest absolute Gasteiger partial charge is 0.351 e. The lowest BCUT2D eigenvalue weighted by molar-refractivity contribution is -0.119. The number of rotatable bonds is 5. The minimum Gasteiger partial charge on any atom is -0.351 e. The molecular weight excluding hydrogens is 278 g/mol. The summed E-state index contributed by atoms with van der Waals surface area (Å²) in [5.74, 6) is -2.87. The van der Waals surface area contributed by atoms with Gasteiger partial charge >= 0.3 is 0 Å². The molecule has 0 atom stereocenters. The molecule has 0 aromatic heterocycles. The van der Waals surface area contributed by atoms with Crippen LogP contribution in [0.4, 0.5) is 8.78 Å². The minimum absolute atomic E-state index is 0.271. The van der Waals surface area contributed by atoms with Gasteiger partial charge in [0.2, 0.25) is 5.91 Å². The third-order valence-electron chi connectivity index (χ3n) is 2.92.